The van der Waals surface area contributed by atoms with Gasteiger partial charge in [-0.1, -0.05) is 48.5 Å². The molecule has 1 fully saturated rings. The number of allylic oxidation sites excluding steroid dienone is 1. The van der Waals surface area contributed by atoms with E-state index >= 15 is 0 Å². The van der Waals surface area contributed by atoms with Gasteiger partial charge in [0.1, 0.15) is 5.17 Å². The first kappa shape index (κ1) is 20.6. The summed E-state index contributed by atoms with van der Waals surface area (Å²) < 4.78 is 0. The Morgan fingerprint density at radius 3 is 2.86 bits per heavy atom. The number of nitriles is 1. The third kappa shape index (κ3) is 5.45. The summed E-state index contributed by atoms with van der Waals surface area (Å²) in [4.78, 5) is 9.34. The van der Waals surface area contributed by atoms with Crippen LogP contribution in [0, 0.1) is 11.3 Å². The number of piperazine rings is 1. The van der Waals surface area contributed by atoms with Gasteiger partial charge < -0.3 is 10.2 Å². The van der Waals surface area contributed by atoms with E-state index in [1.54, 1.807) is 0 Å². The maximum Gasteiger partial charge on any atom is 0.103 e. The zero-order valence-corrected chi connectivity index (χ0v) is 17.3. The third-order valence-electron chi connectivity index (χ3n) is 5.26. The molecule has 6 heteroatoms. The molecule has 1 saturated heterocycles. The van der Waals surface area contributed by atoms with Crippen molar-refractivity contribution in [3.05, 3.63) is 59.4 Å². The molecular formula is C22H28ClN5. The van der Waals surface area contributed by atoms with Gasteiger partial charge in [0.05, 0.1) is 18.2 Å². The molecule has 2 aliphatic heterocycles. The number of nitrogens with zero attached hydrogens (tertiary/aromatic N) is 4. The van der Waals surface area contributed by atoms with Crippen LogP contribution in [0.15, 0.2) is 58.9 Å². The van der Waals surface area contributed by atoms with Gasteiger partial charge >= 0.3 is 0 Å². The summed E-state index contributed by atoms with van der Waals surface area (Å²) in [6, 6.07) is 13.0. The van der Waals surface area contributed by atoms with Crippen LogP contribution in [0.3, 0.4) is 0 Å². The van der Waals surface area contributed by atoms with Gasteiger partial charge in [0.25, 0.3) is 0 Å². The summed E-state index contributed by atoms with van der Waals surface area (Å²) in [6.07, 6.45) is 1.42. The average Bonchev–Trinajstić information content (AvgIpc) is 2.69. The van der Waals surface area contributed by atoms with Crippen molar-refractivity contribution in [1.82, 2.24) is 15.1 Å². The molecule has 1 N–H and O–H groups in total. The predicted molar refractivity (Wildman–Crippen MR) is 115 cm³/mol. The molecule has 28 heavy (non-hydrogen) atoms. The molecule has 1 aromatic carbocycles. The van der Waals surface area contributed by atoms with Gasteiger partial charge in [-0.25, -0.2) is 4.99 Å². The number of halogens is 1. The Labute approximate surface area is 173 Å². The Morgan fingerprint density at radius 1 is 1.36 bits per heavy atom. The molecule has 1 unspecified atom stereocenters. The lowest BCUT2D eigenvalue weighted by Gasteiger charge is -2.38. The molecule has 2 heterocycles. The van der Waals surface area contributed by atoms with Crippen molar-refractivity contribution in [3.8, 4) is 6.07 Å². The van der Waals surface area contributed by atoms with E-state index in [1.807, 2.05) is 13.0 Å². The normalized spacial score (nSPS) is 21.5. The Bertz CT molecular complexity index is 789. The first-order chi connectivity index (χ1) is 13.6. The Hall–Kier alpha value is -2.13. The van der Waals surface area contributed by atoms with E-state index < -0.39 is 0 Å². The van der Waals surface area contributed by atoms with Crippen LogP contribution in [0.2, 0.25) is 0 Å². The smallest absolute Gasteiger partial charge is 0.103 e. The zero-order valence-electron chi connectivity index (χ0n) is 16.5. The summed E-state index contributed by atoms with van der Waals surface area (Å²) in [6.45, 7) is 11.4. The minimum Gasteiger partial charge on any atom is -0.369 e. The van der Waals surface area contributed by atoms with Crippen molar-refractivity contribution in [2.24, 2.45) is 4.99 Å². The molecule has 0 spiro atoms. The van der Waals surface area contributed by atoms with E-state index in [2.05, 4.69) is 57.0 Å². The summed E-state index contributed by atoms with van der Waals surface area (Å²) in [5.74, 6) is 0. The van der Waals surface area contributed by atoms with Gasteiger partial charge in [0.15, 0.2) is 0 Å². The second-order valence-corrected chi connectivity index (χ2v) is 7.93. The highest BCUT2D eigenvalue weighted by Crippen LogP contribution is 2.28. The van der Waals surface area contributed by atoms with Gasteiger partial charge in [-0.3, -0.25) is 4.90 Å². The highest BCUT2D eigenvalue weighted by Gasteiger charge is 2.26. The van der Waals surface area contributed by atoms with E-state index in [0.29, 0.717) is 11.6 Å². The number of rotatable bonds is 6. The van der Waals surface area contributed by atoms with Crippen molar-refractivity contribution in [1.29, 1.82) is 5.26 Å². The number of nitrogens with one attached hydrogen (secondary N) is 1. The minimum absolute atomic E-state index is 0.191. The van der Waals surface area contributed by atoms with Gasteiger partial charge in [0, 0.05) is 51.0 Å². The van der Waals surface area contributed by atoms with Gasteiger partial charge in [0.2, 0.25) is 0 Å². The number of hydrogen-bond acceptors (Lipinski definition) is 5. The predicted octanol–water partition coefficient (Wildman–Crippen LogP) is 3.50. The molecule has 0 amide bonds. The van der Waals surface area contributed by atoms with Crippen LogP contribution >= 0.6 is 11.6 Å². The Morgan fingerprint density at radius 2 is 2.14 bits per heavy atom. The standard InChI is InChI=1S/C22H28ClN5/c1-17(28-13-11-25-20(15-28)8-10-24)21-9-12-27(16-22(21)26-18(2)23)14-19-6-4-3-5-7-19/h3-7,20,25H,1,8-9,11-16H2,2H3. The third-order valence-corrected chi connectivity index (χ3v) is 5.35. The molecule has 0 aliphatic carbocycles. The van der Waals surface area contributed by atoms with E-state index in [0.717, 1.165) is 57.1 Å². The number of benzene rings is 1. The summed E-state index contributed by atoms with van der Waals surface area (Å²) in [7, 11) is 0. The number of aliphatic imine (C=N–C) groups is 1. The molecule has 1 atom stereocenters. The first-order valence-corrected chi connectivity index (χ1v) is 10.2. The second-order valence-electron chi connectivity index (χ2n) is 7.39. The summed E-state index contributed by atoms with van der Waals surface area (Å²) >= 11 is 6.15. The molecule has 2 aliphatic rings. The Balaban J connectivity index is 1.76. The summed E-state index contributed by atoms with van der Waals surface area (Å²) in [5.41, 5.74) is 4.54. The molecule has 0 saturated carbocycles. The Kier molecular flexibility index (Phi) is 7.27. The van der Waals surface area contributed by atoms with Crippen LogP contribution in [0.25, 0.3) is 0 Å². The lowest BCUT2D eigenvalue weighted by Crippen LogP contribution is -2.50. The minimum atomic E-state index is 0.191. The number of hydrogen-bond donors (Lipinski definition) is 1. The van der Waals surface area contributed by atoms with Crippen molar-refractivity contribution in [2.75, 3.05) is 32.7 Å². The van der Waals surface area contributed by atoms with Crippen LogP contribution in [0.4, 0.5) is 0 Å². The van der Waals surface area contributed by atoms with Crippen LogP contribution in [0.1, 0.15) is 25.3 Å². The van der Waals surface area contributed by atoms with Crippen molar-refractivity contribution in [3.63, 3.8) is 0 Å². The van der Waals surface area contributed by atoms with Crippen LogP contribution in [-0.2, 0) is 6.54 Å². The fourth-order valence-electron chi connectivity index (χ4n) is 3.89. The highest BCUT2D eigenvalue weighted by atomic mass is 35.5. The molecule has 0 radical (unpaired) electrons. The monoisotopic (exact) mass is 397 g/mol. The van der Waals surface area contributed by atoms with E-state index in [9.17, 15) is 0 Å². The quantitative estimate of drug-likeness (QED) is 0.746. The van der Waals surface area contributed by atoms with Crippen molar-refractivity contribution in [2.45, 2.75) is 32.4 Å². The first-order valence-electron chi connectivity index (χ1n) is 9.80. The van der Waals surface area contributed by atoms with E-state index in [4.69, 9.17) is 16.9 Å². The van der Waals surface area contributed by atoms with E-state index in [1.165, 1.54) is 11.1 Å². The average molecular weight is 398 g/mol. The molecule has 148 valence electrons. The van der Waals surface area contributed by atoms with Gasteiger partial charge in [-0.15, -0.1) is 0 Å². The zero-order chi connectivity index (χ0) is 19.9. The van der Waals surface area contributed by atoms with Gasteiger partial charge in [-0.05, 0) is 24.5 Å². The fourth-order valence-corrected chi connectivity index (χ4v) is 3.99. The second kappa shape index (κ2) is 9.88. The lowest BCUT2D eigenvalue weighted by molar-refractivity contribution is 0.241. The molecule has 3 rings (SSSR count). The van der Waals surface area contributed by atoms with Crippen LogP contribution in [0.5, 0.6) is 0 Å². The van der Waals surface area contributed by atoms with Crippen molar-refractivity contribution >= 4 is 16.8 Å². The largest absolute Gasteiger partial charge is 0.369 e. The molecular weight excluding hydrogens is 370 g/mol. The molecule has 1 aromatic rings. The molecule has 0 bridgehead atoms. The lowest BCUT2D eigenvalue weighted by atomic mass is 9.99. The maximum atomic E-state index is 9.01. The summed E-state index contributed by atoms with van der Waals surface area (Å²) in [5, 5.41) is 13.0. The SMILES string of the molecule is C=C(C1=C(N=C(C)Cl)CN(Cc2ccccc2)CC1)N1CCNC(CC#N)C1. The fraction of sp³-hybridized carbons (Fsp3) is 0.455. The molecule has 0 aromatic heterocycles. The molecule has 5 nitrogen and oxygen atoms in total. The van der Waals surface area contributed by atoms with Crippen LogP contribution in [-0.4, -0.2) is 53.7 Å². The maximum absolute atomic E-state index is 9.01. The van der Waals surface area contributed by atoms with Crippen molar-refractivity contribution < 1.29 is 0 Å². The van der Waals surface area contributed by atoms with Crippen LogP contribution < -0.4 is 5.32 Å². The topological polar surface area (TPSA) is 54.7 Å². The highest BCUT2D eigenvalue weighted by molar-refractivity contribution is 6.64. The van der Waals surface area contributed by atoms with E-state index in [-0.39, 0.29) is 6.04 Å². The van der Waals surface area contributed by atoms with Gasteiger partial charge in [-0.2, -0.15) is 5.26 Å².